The lowest BCUT2D eigenvalue weighted by atomic mass is 10.1. The topological polar surface area (TPSA) is 32.3 Å². The van der Waals surface area contributed by atoms with Crippen LogP contribution in [0.2, 0.25) is 0 Å². The normalized spacial score (nSPS) is 24.7. The Bertz CT molecular complexity index is 567. The maximum atomic E-state index is 4.52. The van der Waals surface area contributed by atoms with Crippen LogP contribution >= 0.6 is 11.3 Å². The minimum atomic E-state index is 0.740. The van der Waals surface area contributed by atoms with Crippen molar-refractivity contribution in [3.8, 4) is 0 Å². The van der Waals surface area contributed by atoms with Crippen molar-refractivity contribution in [3.63, 3.8) is 0 Å². The van der Waals surface area contributed by atoms with E-state index in [1.165, 1.54) is 30.6 Å². The molecule has 0 bridgehead atoms. The Morgan fingerprint density at radius 3 is 3.22 bits per heavy atom. The van der Waals surface area contributed by atoms with Gasteiger partial charge in [-0.15, -0.1) is 11.3 Å². The molecular weight excluding hydrogens is 244 g/mol. The summed E-state index contributed by atoms with van der Waals surface area (Å²) in [6.07, 6.45) is 4.40. The van der Waals surface area contributed by atoms with Gasteiger partial charge < -0.3 is 4.90 Å². The molecule has 1 atom stereocenters. The van der Waals surface area contributed by atoms with Gasteiger partial charge in [0.15, 0.2) is 0 Å². The van der Waals surface area contributed by atoms with Gasteiger partial charge in [-0.2, -0.15) is 0 Å². The zero-order valence-corrected chi connectivity index (χ0v) is 11.1. The first-order chi connectivity index (χ1) is 8.92. The molecule has 1 unspecified atom stereocenters. The van der Waals surface area contributed by atoms with Gasteiger partial charge >= 0.3 is 0 Å². The maximum Gasteiger partial charge on any atom is 0.150 e. The van der Waals surface area contributed by atoms with Crippen molar-refractivity contribution in [1.82, 2.24) is 14.9 Å². The van der Waals surface area contributed by atoms with E-state index in [-0.39, 0.29) is 0 Å². The Morgan fingerprint density at radius 1 is 1.22 bits per heavy atom. The lowest BCUT2D eigenvalue weighted by molar-refractivity contribution is 0.230. The van der Waals surface area contributed by atoms with E-state index in [9.17, 15) is 0 Å². The second-order valence-electron chi connectivity index (χ2n) is 5.11. The van der Waals surface area contributed by atoms with E-state index in [1.807, 2.05) is 0 Å². The van der Waals surface area contributed by atoms with Crippen LogP contribution in [-0.4, -0.2) is 47.1 Å². The van der Waals surface area contributed by atoms with E-state index in [0.29, 0.717) is 0 Å². The van der Waals surface area contributed by atoms with Gasteiger partial charge in [-0.3, -0.25) is 4.90 Å². The van der Waals surface area contributed by atoms with Crippen LogP contribution in [0.1, 0.15) is 12.8 Å². The number of piperazine rings is 1. The Hall–Kier alpha value is -1.20. The summed E-state index contributed by atoms with van der Waals surface area (Å²) in [5, 5.41) is 2.11. The molecule has 18 heavy (non-hydrogen) atoms. The van der Waals surface area contributed by atoms with E-state index < -0.39 is 0 Å². The average molecular weight is 260 g/mol. The number of hydrogen-bond acceptors (Lipinski definition) is 5. The Balaban J connectivity index is 1.68. The molecule has 4 rings (SSSR count). The van der Waals surface area contributed by atoms with Gasteiger partial charge in [0, 0.05) is 25.7 Å². The van der Waals surface area contributed by atoms with Crippen molar-refractivity contribution < 1.29 is 0 Å². The van der Waals surface area contributed by atoms with Gasteiger partial charge in [-0.25, -0.2) is 9.97 Å². The molecule has 0 saturated carbocycles. The molecule has 94 valence electrons. The van der Waals surface area contributed by atoms with Crippen LogP contribution in [0.15, 0.2) is 17.8 Å². The molecule has 0 aliphatic carbocycles. The van der Waals surface area contributed by atoms with Crippen molar-refractivity contribution in [3.05, 3.63) is 17.8 Å². The summed E-state index contributed by atoms with van der Waals surface area (Å²) >= 11 is 1.75. The van der Waals surface area contributed by atoms with Crippen LogP contribution in [0.4, 0.5) is 5.82 Å². The third-order valence-electron chi connectivity index (χ3n) is 4.11. The lowest BCUT2D eigenvalue weighted by Crippen LogP contribution is -2.50. The molecule has 0 radical (unpaired) electrons. The Kier molecular flexibility index (Phi) is 2.48. The summed E-state index contributed by atoms with van der Waals surface area (Å²) in [4.78, 5) is 13.9. The van der Waals surface area contributed by atoms with Gasteiger partial charge in [0.05, 0.1) is 10.2 Å². The summed E-state index contributed by atoms with van der Waals surface area (Å²) in [7, 11) is 0. The fraction of sp³-hybridized carbons (Fsp3) is 0.538. The summed E-state index contributed by atoms with van der Waals surface area (Å²) in [5.41, 5.74) is 1.08. The molecule has 2 aliphatic heterocycles. The van der Waals surface area contributed by atoms with Gasteiger partial charge in [0.25, 0.3) is 0 Å². The minimum absolute atomic E-state index is 0.740. The molecule has 0 aromatic carbocycles. The fourth-order valence-corrected chi connectivity index (χ4v) is 4.05. The fourth-order valence-electron chi connectivity index (χ4n) is 3.18. The zero-order valence-electron chi connectivity index (χ0n) is 10.2. The van der Waals surface area contributed by atoms with Gasteiger partial charge in [-0.05, 0) is 30.8 Å². The summed E-state index contributed by atoms with van der Waals surface area (Å²) in [5.74, 6) is 1.14. The first-order valence-corrected chi connectivity index (χ1v) is 7.47. The molecule has 4 heterocycles. The summed E-state index contributed by atoms with van der Waals surface area (Å²) < 4.78 is 1.24. The number of rotatable bonds is 1. The average Bonchev–Trinajstić information content (AvgIpc) is 3.05. The maximum absolute atomic E-state index is 4.52. The zero-order chi connectivity index (χ0) is 11.9. The van der Waals surface area contributed by atoms with Gasteiger partial charge in [0.2, 0.25) is 0 Å². The Morgan fingerprint density at radius 2 is 2.22 bits per heavy atom. The molecule has 0 amide bonds. The first kappa shape index (κ1) is 10.7. The number of fused-ring (bicyclic) bond motifs is 2. The van der Waals surface area contributed by atoms with E-state index in [1.54, 1.807) is 17.7 Å². The highest BCUT2D eigenvalue weighted by molar-refractivity contribution is 7.17. The van der Waals surface area contributed by atoms with Crippen LogP contribution in [-0.2, 0) is 0 Å². The minimum Gasteiger partial charge on any atom is -0.352 e. The molecule has 4 nitrogen and oxygen atoms in total. The van der Waals surface area contributed by atoms with Crippen molar-refractivity contribution in [2.24, 2.45) is 0 Å². The predicted octanol–water partition coefficient (Wildman–Crippen LogP) is 1.98. The summed E-state index contributed by atoms with van der Waals surface area (Å²) in [6, 6.07) is 2.82. The number of hydrogen-bond donors (Lipinski definition) is 0. The number of thiophene rings is 1. The summed E-state index contributed by atoms with van der Waals surface area (Å²) in [6.45, 7) is 4.70. The van der Waals surface area contributed by atoms with Gasteiger partial charge in [-0.1, -0.05) is 0 Å². The van der Waals surface area contributed by atoms with Crippen LogP contribution in [0, 0.1) is 0 Å². The molecule has 2 fully saturated rings. The molecule has 0 spiro atoms. The standard InChI is InChI=1S/C13H16N4S/c1-2-10-8-17(6-5-16(10)4-1)13-12-11(3-7-18-12)14-9-15-13/h3,7,9-10H,1-2,4-6,8H2. The quantitative estimate of drug-likeness (QED) is 0.785. The van der Waals surface area contributed by atoms with E-state index in [4.69, 9.17) is 0 Å². The smallest absolute Gasteiger partial charge is 0.150 e. The third-order valence-corrected chi connectivity index (χ3v) is 5.01. The monoisotopic (exact) mass is 260 g/mol. The molecular formula is C13H16N4S. The van der Waals surface area contributed by atoms with Crippen molar-refractivity contribution in [2.75, 3.05) is 31.1 Å². The molecule has 5 heteroatoms. The number of nitrogens with zero attached hydrogens (tertiary/aromatic N) is 4. The molecule has 2 saturated heterocycles. The number of anilines is 1. The molecule has 2 aliphatic rings. The Labute approximate surface area is 110 Å². The van der Waals surface area contributed by atoms with E-state index >= 15 is 0 Å². The van der Waals surface area contributed by atoms with E-state index in [2.05, 4.69) is 31.2 Å². The molecule has 2 aromatic rings. The molecule has 2 aromatic heterocycles. The second-order valence-corrected chi connectivity index (χ2v) is 6.03. The van der Waals surface area contributed by atoms with Crippen LogP contribution in [0.25, 0.3) is 10.2 Å². The largest absolute Gasteiger partial charge is 0.352 e. The predicted molar refractivity (Wildman–Crippen MR) is 74.2 cm³/mol. The first-order valence-electron chi connectivity index (χ1n) is 6.59. The van der Waals surface area contributed by atoms with E-state index in [0.717, 1.165) is 30.5 Å². The third kappa shape index (κ3) is 1.61. The van der Waals surface area contributed by atoms with Crippen molar-refractivity contribution in [2.45, 2.75) is 18.9 Å². The van der Waals surface area contributed by atoms with Crippen LogP contribution < -0.4 is 4.90 Å². The SMILES string of the molecule is c1nc(N2CCN3CCCC3C2)c2sccc2n1. The second kappa shape index (κ2) is 4.17. The van der Waals surface area contributed by atoms with Crippen molar-refractivity contribution >= 4 is 27.4 Å². The van der Waals surface area contributed by atoms with Crippen molar-refractivity contribution in [1.29, 1.82) is 0 Å². The molecule has 0 N–H and O–H groups in total. The van der Waals surface area contributed by atoms with Crippen LogP contribution in [0.3, 0.4) is 0 Å². The van der Waals surface area contributed by atoms with Crippen LogP contribution in [0.5, 0.6) is 0 Å². The van der Waals surface area contributed by atoms with Gasteiger partial charge in [0.1, 0.15) is 12.1 Å². The highest BCUT2D eigenvalue weighted by Crippen LogP contribution is 2.31. The lowest BCUT2D eigenvalue weighted by Gasteiger charge is -2.38. The highest BCUT2D eigenvalue weighted by Gasteiger charge is 2.31. The number of aromatic nitrogens is 2. The highest BCUT2D eigenvalue weighted by atomic mass is 32.1.